The Morgan fingerprint density at radius 3 is 2.30 bits per heavy atom. The molecule has 0 bridgehead atoms. The van der Waals surface area contributed by atoms with Crippen molar-refractivity contribution in [3.05, 3.63) is 34.9 Å². The Bertz CT molecular complexity index is 577. The van der Waals surface area contributed by atoms with Crippen LogP contribution in [0.25, 0.3) is 0 Å². The Hall–Kier alpha value is -1.55. The lowest BCUT2D eigenvalue weighted by molar-refractivity contribution is -0.144. The maximum atomic E-state index is 12.5. The predicted octanol–water partition coefficient (Wildman–Crippen LogP) is 3.67. The van der Waals surface area contributed by atoms with Gasteiger partial charge in [0.05, 0.1) is 5.92 Å². The number of hydrogen-bond donors (Lipinski definition) is 2. The minimum atomic E-state index is -0.747. The van der Waals surface area contributed by atoms with Gasteiger partial charge in [-0.15, -0.1) is 0 Å². The maximum Gasteiger partial charge on any atom is 0.306 e. The Balaban J connectivity index is 1.91. The summed E-state index contributed by atoms with van der Waals surface area (Å²) >= 11 is 6.19. The van der Waals surface area contributed by atoms with Gasteiger partial charge in [0, 0.05) is 16.5 Å². The lowest BCUT2D eigenvalue weighted by atomic mass is 9.81. The highest BCUT2D eigenvalue weighted by atomic mass is 35.5. The van der Waals surface area contributed by atoms with Crippen LogP contribution in [0.3, 0.4) is 0 Å². The first-order valence-corrected chi connectivity index (χ1v) is 8.44. The van der Waals surface area contributed by atoms with E-state index >= 15 is 0 Å². The molecular weight excluding hydrogens is 314 g/mol. The normalized spacial score (nSPS) is 21.7. The van der Waals surface area contributed by atoms with Crippen molar-refractivity contribution in [2.45, 2.75) is 51.5 Å². The summed E-state index contributed by atoms with van der Waals surface area (Å²) in [7, 11) is 0. The third kappa shape index (κ3) is 4.96. The van der Waals surface area contributed by atoms with Crippen molar-refractivity contribution < 1.29 is 14.7 Å². The first-order chi connectivity index (χ1) is 10.8. The number of nitrogens with one attached hydrogen (secondary N) is 1. The topological polar surface area (TPSA) is 66.4 Å². The Kier molecular flexibility index (Phi) is 5.69. The number of benzene rings is 1. The van der Waals surface area contributed by atoms with Crippen molar-refractivity contribution in [2.24, 2.45) is 11.8 Å². The van der Waals surface area contributed by atoms with Gasteiger partial charge in [0.2, 0.25) is 5.91 Å². The summed E-state index contributed by atoms with van der Waals surface area (Å²) in [4.78, 5) is 23.5. The van der Waals surface area contributed by atoms with Gasteiger partial charge >= 0.3 is 5.97 Å². The molecule has 0 atom stereocenters. The zero-order valence-electron chi connectivity index (χ0n) is 13.6. The average Bonchev–Trinajstić information content (AvgIpc) is 2.49. The van der Waals surface area contributed by atoms with E-state index in [1.165, 1.54) is 0 Å². The molecule has 1 aliphatic carbocycles. The molecule has 0 unspecified atom stereocenters. The second-order valence-electron chi connectivity index (χ2n) is 7.03. The summed E-state index contributed by atoms with van der Waals surface area (Å²) in [6, 6.07) is 7.64. The van der Waals surface area contributed by atoms with E-state index in [2.05, 4.69) is 5.32 Å². The van der Waals surface area contributed by atoms with Crippen LogP contribution in [0.15, 0.2) is 24.3 Å². The van der Waals surface area contributed by atoms with Crippen LogP contribution in [0.2, 0.25) is 5.02 Å². The van der Waals surface area contributed by atoms with Crippen LogP contribution >= 0.6 is 11.6 Å². The third-order valence-corrected chi connectivity index (χ3v) is 4.87. The first kappa shape index (κ1) is 17.8. The maximum absolute atomic E-state index is 12.5. The minimum Gasteiger partial charge on any atom is -0.481 e. The summed E-state index contributed by atoms with van der Waals surface area (Å²) in [6.45, 7) is 3.97. The number of aliphatic carboxylic acids is 1. The number of halogens is 1. The van der Waals surface area contributed by atoms with Gasteiger partial charge in [-0.3, -0.25) is 9.59 Å². The van der Waals surface area contributed by atoms with Crippen molar-refractivity contribution >= 4 is 23.5 Å². The van der Waals surface area contributed by atoms with Crippen LogP contribution in [-0.4, -0.2) is 22.5 Å². The van der Waals surface area contributed by atoms with Crippen LogP contribution in [0, 0.1) is 11.8 Å². The summed E-state index contributed by atoms with van der Waals surface area (Å²) in [5.74, 6) is -1.11. The fourth-order valence-electron chi connectivity index (χ4n) is 3.20. The lowest BCUT2D eigenvalue weighted by Crippen LogP contribution is -2.48. The van der Waals surface area contributed by atoms with Crippen molar-refractivity contribution in [3.63, 3.8) is 0 Å². The summed E-state index contributed by atoms with van der Waals surface area (Å²) < 4.78 is 0. The largest absolute Gasteiger partial charge is 0.481 e. The molecule has 0 heterocycles. The van der Waals surface area contributed by atoms with Gasteiger partial charge in [0.15, 0.2) is 0 Å². The van der Waals surface area contributed by atoms with Crippen LogP contribution in [0.1, 0.15) is 45.1 Å². The number of carboxylic acid groups (broad SMARTS) is 1. The third-order valence-electron chi connectivity index (χ3n) is 4.50. The van der Waals surface area contributed by atoms with Gasteiger partial charge < -0.3 is 10.4 Å². The van der Waals surface area contributed by atoms with Crippen molar-refractivity contribution in [2.75, 3.05) is 0 Å². The first-order valence-electron chi connectivity index (χ1n) is 8.07. The molecule has 2 rings (SSSR count). The van der Waals surface area contributed by atoms with Gasteiger partial charge in [-0.25, -0.2) is 0 Å². The highest BCUT2D eigenvalue weighted by Crippen LogP contribution is 2.30. The molecule has 1 aromatic rings. The van der Waals surface area contributed by atoms with Gasteiger partial charge in [-0.1, -0.05) is 29.8 Å². The van der Waals surface area contributed by atoms with Crippen molar-refractivity contribution in [1.82, 2.24) is 5.32 Å². The second-order valence-corrected chi connectivity index (χ2v) is 7.44. The molecule has 23 heavy (non-hydrogen) atoms. The fourth-order valence-corrected chi connectivity index (χ4v) is 3.40. The smallest absolute Gasteiger partial charge is 0.306 e. The van der Waals surface area contributed by atoms with Gasteiger partial charge in [0.1, 0.15) is 0 Å². The van der Waals surface area contributed by atoms with E-state index in [1.807, 2.05) is 38.1 Å². The summed E-state index contributed by atoms with van der Waals surface area (Å²) in [5, 5.41) is 12.8. The molecule has 1 aliphatic rings. The number of carbonyl (C=O) groups excluding carboxylic acids is 1. The Labute approximate surface area is 142 Å². The summed E-state index contributed by atoms with van der Waals surface area (Å²) in [5.41, 5.74) is 0.611. The van der Waals surface area contributed by atoms with Gasteiger partial charge in [-0.2, -0.15) is 0 Å². The molecule has 5 heteroatoms. The number of rotatable bonds is 5. The molecule has 0 radical (unpaired) electrons. The van der Waals surface area contributed by atoms with E-state index in [9.17, 15) is 9.59 Å². The average molecular weight is 338 g/mol. The summed E-state index contributed by atoms with van der Waals surface area (Å²) in [6.07, 6.45) is 3.11. The van der Waals surface area contributed by atoms with Crippen LogP contribution in [0.5, 0.6) is 0 Å². The standard InChI is InChI=1S/C18H24ClNO3/c1-18(2,11-14-5-3-4-6-15(14)19)20-16(21)12-7-9-13(10-8-12)17(22)23/h3-6,12-13H,7-11H2,1-2H3,(H,20,21)(H,22,23). The molecule has 0 spiro atoms. The zero-order chi connectivity index (χ0) is 17.0. The Morgan fingerprint density at radius 1 is 1.17 bits per heavy atom. The van der Waals surface area contributed by atoms with Crippen LogP contribution in [0.4, 0.5) is 0 Å². The van der Waals surface area contributed by atoms with E-state index in [0.717, 1.165) is 5.56 Å². The monoisotopic (exact) mass is 337 g/mol. The number of amides is 1. The minimum absolute atomic E-state index is 0.0193. The van der Waals surface area contributed by atoms with Crippen LogP contribution in [-0.2, 0) is 16.0 Å². The molecule has 1 amide bonds. The van der Waals surface area contributed by atoms with E-state index in [0.29, 0.717) is 37.1 Å². The molecule has 0 saturated heterocycles. The second kappa shape index (κ2) is 7.35. The lowest BCUT2D eigenvalue weighted by Gasteiger charge is -2.31. The number of hydrogen-bond acceptors (Lipinski definition) is 2. The Morgan fingerprint density at radius 2 is 1.74 bits per heavy atom. The molecule has 4 nitrogen and oxygen atoms in total. The van der Waals surface area contributed by atoms with E-state index in [4.69, 9.17) is 16.7 Å². The van der Waals surface area contributed by atoms with Crippen molar-refractivity contribution in [3.8, 4) is 0 Å². The molecule has 126 valence electrons. The molecule has 1 saturated carbocycles. The number of carbonyl (C=O) groups is 2. The molecule has 0 aliphatic heterocycles. The van der Waals surface area contributed by atoms with Crippen molar-refractivity contribution in [1.29, 1.82) is 0 Å². The van der Waals surface area contributed by atoms with Crippen LogP contribution < -0.4 is 5.32 Å². The quantitative estimate of drug-likeness (QED) is 0.861. The molecular formula is C18H24ClNO3. The molecule has 1 aromatic carbocycles. The zero-order valence-corrected chi connectivity index (χ0v) is 14.4. The highest BCUT2D eigenvalue weighted by molar-refractivity contribution is 6.31. The van der Waals surface area contributed by atoms with E-state index in [-0.39, 0.29) is 17.7 Å². The van der Waals surface area contributed by atoms with E-state index < -0.39 is 11.5 Å². The highest BCUT2D eigenvalue weighted by Gasteiger charge is 2.32. The molecule has 0 aromatic heterocycles. The fraction of sp³-hybridized carbons (Fsp3) is 0.556. The number of carboxylic acids is 1. The molecule has 1 fully saturated rings. The SMILES string of the molecule is CC(C)(Cc1ccccc1Cl)NC(=O)C1CCC(C(=O)O)CC1. The van der Waals surface area contributed by atoms with Gasteiger partial charge in [-0.05, 0) is 57.6 Å². The van der Waals surface area contributed by atoms with E-state index in [1.54, 1.807) is 0 Å². The predicted molar refractivity (Wildman–Crippen MR) is 90.5 cm³/mol. The molecule has 2 N–H and O–H groups in total. The van der Waals surface area contributed by atoms with Gasteiger partial charge in [0.25, 0.3) is 0 Å².